The molecular formula is C9H17N3O3. The van der Waals surface area contributed by atoms with Gasteiger partial charge < -0.3 is 21.1 Å². The van der Waals surface area contributed by atoms with Crippen molar-refractivity contribution in [2.24, 2.45) is 5.73 Å². The number of carbonyl (C=O) groups excluding carboxylic acids is 1. The molecule has 1 heterocycles. The summed E-state index contributed by atoms with van der Waals surface area (Å²) in [5, 5.41) is 11.6. The molecular weight excluding hydrogens is 198 g/mol. The highest BCUT2D eigenvalue weighted by atomic mass is 16.4. The van der Waals surface area contributed by atoms with E-state index in [1.807, 2.05) is 0 Å². The molecule has 0 spiro atoms. The van der Waals surface area contributed by atoms with Crippen LogP contribution in [0.1, 0.15) is 13.8 Å². The van der Waals surface area contributed by atoms with Crippen molar-refractivity contribution < 1.29 is 14.7 Å². The number of aliphatic carboxylic acids is 1. The topological polar surface area (TPSA) is 95.7 Å². The van der Waals surface area contributed by atoms with Crippen molar-refractivity contribution in [1.82, 2.24) is 10.2 Å². The zero-order valence-corrected chi connectivity index (χ0v) is 8.99. The van der Waals surface area contributed by atoms with Gasteiger partial charge >= 0.3 is 5.97 Å². The van der Waals surface area contributed by atoms with Crippen molar-refractivity contribution in [2.45, 2.75) is 25.4 Å². The molecule has 4 N–H and O–H groups in total. The first-order valence-electron chi connectivity index (χ1n) is 4.87. The van der Waals surface area contributed by atoms with Crippen LogP contribution in [-0.2, 0) is 9.59 Å². The summed E-state index contributed by atoms with van der Waals surface area (Å²) in [6, 6.07) is -0.690. The Balaban J connectivity index is 2.64. The van der Waals surface area contributed by atoms with Gasteiger partial charge in [0.05, 0.1) is 5.54 Å². The average Bonchev–Trinajstić information content (AvgIpc) is 2.15. The lowest BCUT2D eigenvalue weighted by Crippen LogP contribution is -2.60. The van der Waals surface area contributed by atoms with Gasteiger partial charge in [-0.15, -0.1) is 0 Å². The summed E-state index contributed by atoms with van der Waals surface area (Å²) >= 11 is 0. The van der Waals surface area contributed by atoms with Crippen molar-refractivity contribution in [2.75, 3.05) is 19.6 Å². The van der Waals surface area contributed by atoms with Gasteiger partial charge in [-0.05, 0) is 13.8 Å². The van der Waals surface area contributed by atoms with E-state index in [0.717, 1.165) is 0 Å². The number of carboxylic acid groups (broad SMARTS) is 1. The molecule has 0 bridgehead atoms. The predicted octanol–water partition coefficient (Wildman–Crippen LogP) is -1.39. The Labute approximate surface area is 88.4 Å². The molecule has 15 heavy (non-hydrogen) atoms. The quantitative estimate of drug-likeness (QED) is 0.527. The van der Waals surface area contributed by atoms with E-state index in [1.165, 1.54) is 4.90 Å². The van der Waals surface area contributed by atoms with Gasteiger partial charge in [-0.1, -0.05) is 0 Å². The average molecular weight is 215 g/mol. The number of nitrogens with zero attached hydrogens (tertiary/aromatic N) is 1. The van der Waals surface area contributed by atoms with Gasteiger partial charge in [0.25, 0.3) is 0 Å². The van der Waals surface area contributed by atoms with Gasteiger partial charge in [-0.25, -0.2) is 0 Å². The fourth-order valence-electron chi connectivity index (χ4n) is 1.51. The smallest absolute Gasteiger partial charge is 0.322 e. The Morgan fingerprint density at radius 3 is 2.60 bits per heavy atom. The van der Waals surface area contributed by atoms with Crippen molar-refractivity contribution >= 4 is 11.9 Å². The highest BCUT2D eigenvalue weighted by Crippen LogP contribution is 2.07. The highest BCUT2D eigenvalue weighted by Gasteiger charge is 2.33. The molecule has 0 aliphatic carbocycles. The maximum atomic E-state index is 11.8. The van der Waals surface area contributed by atoms with Gasteiger partial charge in [0.15, 0.2) is 0 Å². The summed E-state index contributed by atoms with van der Waals surface area (Å²) in [6.45, 7) is 4.40. The third-order valence-electron chi connectivity index (χ3n) is 2.31. The molecule has 6 nitrogen and oxygen atoms in total. The first kappa shape index (κ1) is 11.9. The van der Waals surface area contributed by atoms with Crippen LogP contribution in [0.3, 0.4) is 0 Å². The van der Waals surface area contributed by atoms with E-state index < -0.39 is 17.6 Å². The number of nitrogens with two attached hydrogens (primary N) is 1. The van der Waals surface area contributed by atoms with E-state index in [4.69, 9.17) is 10.8 Å². The molecule has 1 atom stereocenters. The van der Waals surface area contributed by atoms with Crippen LogP contribution in [0, 0.1) is 0 Å². The van der Waals surface area contributed by atoms with Crippen LogP contribution in [0.15, 0.2) is 0 Å². The predicted molar refractivity (Wildman–Crippen MR) is 54.3 cm³/mol. The zero-order valence-electron chi connectivity index (χ0n) is 8.99. The lowest BCUT2D eigenvalue weighted by atomic mass is 10.0. The SMILES string of the molecule is CC(C)(N)C(=O)N1CCN[C@H](C(=O)O)C1. The lowest BCUT2D eigenvalue weighted by Gasteiger charge is -2.35. The molecule has 1 aliphatic rings. The van der Waals surface area contributed by atoms with Gasteiger partial charge in [0, 0.05) is 19.6 Å². The number of nitrogens with one attached hydrogen (secondary N) is 1. The number of piperazine rings is 1. The largest absolute Gasteiger partial charge is 0.480 e. The number of hydrogen-bond donors (Lipinski definition) is 3. The zero-order chi connectivity index (χ0) is 11.6. The summed E-state index contributed by atoms with van der Waals surface area (Å²) in [5.41, 5.74) is 4.73. The van der Waals surface area contributed by atoms with Gasteiger partial charge in [0.2, 0.25) is 5.91 Å². The molecule has 6 heteroatoms. The summed E-state index contributed by atoms with van der Waals surface area (Å²) in [4.78, 5) is 24.0. The van der Waals surface area contributed by atoms with Gasteiger partial charge in [-0.3, -0.25) is 9.59 Å². The number of carbonyl (C=O) groups is 2. The number of amides is 1. The lowest BCUT2D eigenvalue weighted by molar-refractivity contribution is -0.144. The second-order valence-electron chi connectivity index (χ2n) is 4.32. The second-order valence-corrected chi connectivity index (χ2v) is 4.32. The van der Waals surface area contributed by atoms with Gasteiger partial charge in [-0.2, -0.15) is 0 Å². The minimum Gasteiger partial charge on any atom is -0.480 e. The second kappa shape index (κ2) is 4.16. The molecule has 0 aromatic carbocycles. The summed E-state index contributed by atoms with van der Waals surface area (Å²) in [7, 11) is 0. The Bertz CT molecular complexity index is 272. The summed E-state index contributed by atoms with van der Waals surface area (Å²) in [5.74, 6) is -1.16. The highest BCUT2D eigenvalue weighted by molar-refractivity contribution is 5.86. The number of hydrogen-bond acceptors (Lipinski definition) is 4. The van der Waals surface area contributed by atoms with E-state index in [9.17, 15) is 9.59 Å². The van der Waals surface area contributed by atoms with Gasteiger partial charge in [0.1, 0.15) is 6.04 Å². The monoisotopic (exact) mass is 215 g/mol. The van der Waals surface area contributed by atoms with E-state index in [1.54, 1.807) is 13.8 Å². The van der Waals surface area contributed by atoms with Crippen LogP contribution >= 0.6 is 0 Å². The summed E-state index contributed by atoms with van der Waals surface area (Å²) in [6.07, 6.45) is 0. The molecule has 1 aliphatic heterocycles. The van der Waals surface area contributed by atoms with Crippen LogP contribution in [-0.4, -0.2) is 53.1 Å². The van der Waals surface area contributed by atoms with E-state index in [2.05, 4.69) is 5.32 Å². The Morgan fingerprint density at radius 2 is 2.13 bits per heavy atom. The fourth-order valence-corrected chi connectivity index (χ4v) is 1.51. The third kappa shape index (κ3) is 2.90. The Morgan fingerprint density at radius 1 is 1.53 bits per heavy atom. The van der Waals surface area contributed by atoms with E-state index in [0.29, 0.717) is 13.1 Å². The Kier molecular flexibility index (Phi) is 3.31. The molecule has 1 fully saturated rings. The number of rotatable bonds is 2. The molecule has 0 unspecified atom stereocenters. The normalized spacial score (nSPS) is 22.6. The first-order valence-corrected chi connectivity index (χ1v) is 4.87. The van der Waals surface area contributed by atoms with Crippen LogP contribution in [0.5, 0.6) is 0 Å². The van der Waals surface area contributed by atoms with Crippen LogP contribution in [0.4, 0.5) is 0 Å². The minimum absolute atomic E-state index is 0.175. The molecule has 0 aromatic heterocycles. The number of carboxylic acids is 1. The molecule has 86 valence electrons. The van der Waals surface area contributed by atoms with Crippen molar-refractivity contribution in [3.05, 3.63) is 0 Å². The van der Waals surface area contributed by atoms with Crippen molar-refractivity contribution in [3.8, 4) is 0 Å². The van der Waals surface area contributed by atoms with E-state index in [-0.39, 0.29) is 12.5 Å². The van der Waals surface area contributed by atoms with Crippen molar-refractivity contribution in [3.63, 3.8) is 0 Å². The molecule has 1 rings (SSSR count). The van der Waals surface area contributed by atoms with E-state index >= 15 is 0 Å². The molecule has 1 amide bonds. The third-order valence-corrected chi connectivity index (χ3v) is 2.31. The fraction of sp³-hybridized carbons (Fsp3) is 0.778. The summed E-state index contributed by atoms with van der Waals surface area (Å²) < 4.78 is 0. The Hall–Kier alpha value is -1.14. The molecule has 1 saturated heterocycles. The maximum absolute atomic E-state index is 11.8. The standard InChI is InChI=1S/C9H17N3O3/c1-9(2,10)8(15)12-4-3-11-6(5-12)7(13)14/h6,11H,3-5,10H2,1-2H3,(H,13,14)/t6-/m0/s1. The minimum atomic E-state index is -0.944. The van der Waals surface area contributed by atoms with Crippen LogP contribution < -0.4 is 11.1 Å². The first-order chi connectivity index (χ1) is 6.82. The molecule has 0 aromatic rings. The van der Waals surface area contributed by atoms with Crippen LogP contribution in [0.2, 0.25) is 0 Å². The maximum Gasteiger partial charge on any atom is 0.322 e. The molecule has 0 radical (unpaired) electrons. The van der Waals surface area contributed by atoms with Crippen molar-refractivity contribution in [1.29, 1.82) is 0 Å². The van der Waals surface area contributed by atoms with Crippen LogP contribution in [0.25, 0.3) is 0 Å². The molecule has 0 saturated carbocycles.